The van der Waals surface area contributed by atoms with Gasteiger partial charge in [-0.1, -0.05) is 44.7 Å². The van der Waals surface area contributed by atoms with Gasteiger partial charge in [0.2, 0.25) is 0 Å². The fourth-order valence-electron chi connectivity index (χ4n) is 4.42. The Bertz CT molecular complexity index is 527. The highest BCUT2D eigenvalue weighted by Crippen LogP contribution is 2.47. The third-order valence-electron chi connectivity index (χ3n) is 5.84. The van der Waals surface area contributed by atoms with Crippen molar-refractivity contribution >= 4 is 6.29 Å². The topological polar surface area (TPSA) is 29.5 Å². The first-order valence-electron chi connectivity index (χ1n) is 9.66. The molecule has 3 heteroatoms. The van der Waals surface area contributed by atoms with E-state index in [1.54, 1.807) is 0 Å². The van der Waals surface area contributed by atoms with Crippen LogP contribution in [0.15, 0.2) is 24.3 Å². The maximum Gasteiger partial charge on any atom is 0.127 e. The molecule has 132 valence electrons. The van der Waals surface area contributed by atoms with Crippen molar-refractivity contribution in [1.29, 1.82) is 0 Å². The molecule has 3 rings (SSSR count). The molecule has 24 heavy (non-hydrogen) atoms. The Balaban J connectivity index is 1.46. The second-order valence-corrected chi connectivity index (χ2v) is 7.66. The van der Waals surface area contributed by atoms with Crippen LogP contribution in [0, 0.1) is 11.3 Å². The molecule has 1 aromatic rings. The fourth-order valence-corrected chi connectivity index (χ4v) is 4.42. The number of fused-ring (bicyclic) bond motifs is 1. The first kappa shape index (κ1) is 17.5. The molecule has 0 spiro atoms. The zero-order valence-electron chi connectivity index (χ0n) is 15.0. The number of hydrogen-bond donors (Lipinski definition) is 0. The first-order chi connectivity index (χ1) is 11.8. The molecule has 0 radical (unpaired) electrons. The molecule has 0 aromatic heterocycles. The average molecular weight is 329 g/mol. The second kappa shape index (κ2) is 8.15. The minimum atomic E-state index is -0.0401. The minimum absolute atomic E-state index is 0.0401. The zero-order chi connectivity index (χ0) is 16.8. The van der Waals surface area contributed by atoms with Crippen molar-refractivity contribution in [2.75, 3.05) is 19.7 Å². The summed E-state index contributed by atoms with van der Waals surface area (Å²) in [5.74, 6) is 1.55. The molecule has 1 aliphatic carbocycles. The van der Waals surface area contributed by atoms with Gasteiger partial charge in [0.1, 0.15) is 12.0 Å². The van der Waals surface area contributed by atoms with Gasteiger partial charge in [-0.15, -0.1) is 0 Å². The van der Waals surface area contributed by atoms with E-state index < -0.39 is 0 Å². The van der Waals surface area contributed by atoms with Crippen LogP contribution in [0.5, 0.6) is 5.75 Å². The molecule has 2 unspecified atom stereocenters. The number of hydrogen-bond acceptors (Lipinski definition) is 3. The lowest BCUT2D eigenvalue weighted by Gasteiger charge is -2.21. The van der Waals surface area contributed by atoms with Gasteiger partial charge in [0.05, 0.1) is 6.61 Å². The lowest BCUT2D eigenvalue weighted by atomic mass is 9.82. The highest BCUT2D eigenvalue weighted by molar-refractivity contribution is 5.62. The molecule has 3 nitrogen and oxygen atoms in total. The Morgan fingerprint density at radius 2 is 2.08 bits per heavy atom. The molecule has 1 aromatic carbocycles. The highest BCUT2D eigenvalue weighted by Gasteiger charge is 2.49. The summed E-state index contributed by atoms with van der Waals surface area (Å²) < 4.78 is 5.81. The van der Waals surface area contributed by atoms with E-state index in [9.17, 15) is 4.79 Å². The third kappa shape index (κ3) is 4.00. The normalized spacial score (nSPS) is 26.5. The lowest BCUT2D eigenvalue weighted by Crippen LogP contribution is -2.28. The van der Waals surface area contributed by atoms with Crippen molar-refractivity contribution in [3.63, 3.8) is 0 Å². The number of benzene rings is 1. The maximum absolute atomic E-state index is 11.6. The summed E-state index contributed by atoms with van der Waals surface area (Å²) >= 11 is 0. The lowest BCUT2D eigenvalue weighted by molar-refractivity contribution is -0.116. The number of aldehydes is 1. The van der Waals surface area contributed by atoms with E-state index >= 15 is 0 Å². The van der Waals surface area contributed by atoms with Crippen LogP contribution in [0.3, 0.4) is 0 Å². The van der Waals surface area contributed by atoms with E-state index in [1.807, 2.05) is 0 Å². The number of unbranched alkanes of at least 4 members (excludes halogenated alkanes) is 3. The Hall–Kier alpha value is -1.35. The Morgan fingerprint density at radius 1 is 1.25 bits per heavy atom. The van der Waals surface area contributed by atoms with Gasteiger partial charge in [-0.05, 0) is 42.9 Å². The van der Waals surface area contributed by atoms with Crippen molar-refractivity contribution in [1.82, 2.24) is 4.90 Å². The van der Waals surface area contributed by atoms with Gasteiger partial charge in [-0.25, -0.2) is 0 Å². The van der Waals surface area contributed by atoms with Gasteiger partial charge >= 0.3 is 0 Å². The van der Waals surface area contributed by atoms with Gasteiger partial charge in [0.25, 0.3) is 0 Å². The molecule has 1 aliphatic heterocycles. The predicted octanol–water partition coefficient (Wildman–Crippen LogP) is 4.45. The molecule has 0 bridgehead atoms. The van der Waals surface area contributed by atoms with Crippen molar-refractivity contribution in [2.45, 2.75) is 58.4 Å². The number of likely N-dealkylation sites (tertiary alicyclic amines) is 1. The number of carbonyl (C=O) groups excluding carboxylic acids is 1. The van der Waals surface area contributed by atoms with Crippen molar-refractivity contribution < 1.29 is 9.53 Å². The van der Waals surface area contributed by atoms with Crippen LogP contribution >= 0.6 is 0 Å². The van der Waals surface area contributed by atoms with Crippen LogP contribution in [0.2, 0.25) is 0 Å². The second-order valence-electron chi connectivity index (χ2n) is 7.66. The summed E-state index contributed by atoms with van der Waals surface area (Å²) in [5.41, 5.74) is 1.27. The monoisotopic (exact) mass is 329 g/mol. The van der Waals surface area contributed by atoms with Gasteiger partial charge in [0, 0.05) is 25.0 Å². The fraction of sp³-hybridized carbons (Fsp3) is 0.667. The van der Waals surface area contributed by atoms with E-state index in [2.05, 4.69) is 36.1 Å². The van der Waals surface area contributed by atoms with E-state index in [-0.39, 0.29) is 5.41 Å². The molecule has 1 heterocycles. The number of carbonyl (C=O) groups is 1. The summed E-state index contributed by atoms with van der Waals surface area (Å²) in [6.45, 7) is 6.01. The van der Waals surface area contributed by atoms with Gasteiger partial charge in [-0.2, -0.15) is 0 Å². The highest BCUT2D eigenvalue weighted by atomic mass is 16.5. The molecular weight excluding hydrogens is 298 g/mol. The summed E-state index contributed by atoms with van der Waals surface area (Å²) in [4.78, 5) is 14.0. The molecule has 0 N–H and O–H groups in total. The molecule has 1 saturated heterocycles. The molecule has 2 fully saturated rings. The zero-order valence-corrected chi connectivity index (χ0v) is 15.0. The smallest absolute Gasteiger partial charge is 0.127 e. The number of rotatable bonds is 9. The van der Waals surface area contributed by atoms with Gasteiger partial charge < -0.3 is 9.53 Å². The van der Waals surface area contributed by atoms with Crippen molar-refractivity contribution in [3.8, 4) is 5.75 Å². The van der Waals surface area contributed by atoms with Crippen LogP contribution in [0.1, 0.15) is 57.4 Å². The van der Waals surface area contributed by atoms with Crippen LogP contribution in [0.25, 0.3) is 0 Å². The average Bonchev–Trinajstić information content (AvgIpc) is 3.13. The molecule has 2 atom stereocenters. The van der Waals surface area contributed by atoms with E-state index in [1.165, 1.54) is 44.0 Å². The SMILES string of the molecule is CCCCCCOc1ccc(CN2CC3CCCC3(C=O)C2)cc1. The van der Waals surface area contributed by atoms with Gasteiger partial charge in [-0.3, -0.25) is 4.90 Å². The largest absolute Gasteiger partial charge is 0.494 e. The third-order valence-corrected chi connectivity index (χ3v) is 5.84. The Kier molecular flexibility index (Phi) is 5.94. The number of ether oxygens (including phenoxy) is 1. The molecule has 1 saturated carbocycles. The maximum atomic E-state index is 11.6. The summed E-state index contributed by atoms with van der Waals surface area (Å²) in [6.07, 6.45) is 9.73. The van der Waals surface area contributed by atoms with E-state index in [4.69, 9.17) is 4.74 Å². The van der Waals surface area contributed by atoms with E-state index in [0.29, 0.717) is 5.92 Å². The van der Waals surface area contributed by atoms with E-state index in [0.717, 1.165) is 44.8 Å². The molecule has 2 aliphatic rings. The molecular formula is C21H31NO2. The van der Waals surface area contributed by atoms with Crippen molar-refractivity contribution in [2.24, 2.45) is 11.3 Å². The summed E-state index contributed by atoms with van der Waals surface area (Å²) in [5, 5.41) is 0. The van der Waals surface area contributed by atoms with Crippen LogP contribution in [-0.4, -0.2) is 30.9 Å². The first-order valence-corrected chi connectivity index (χ1v) is 9.66. The van der Waals surface area contributed by atoms with Gasteiger partial charge in [0.15, 0.2) is 0 Å². The Labute approximate surface area is 146 Å². The number of nitrogens with zero attached hydrogens (tertiary/aromatic N) is 1. The molecule has 0 amide bonds. The quantitative estimate of drug-likeness (QED) is 0.495. The van der Waals surface area contributed by atoms with Crippen LogP contribution < -0.4 is 4.74 Å². The standard InChI is InChI=1S/C21H31NO2/c1-2-3-4-5-13-24-20-10-8-18(9-11-20)14-22-15-19-7-6-12-21(19,16-22)17-23/h8-11,17,19H,2-7,12-16H2,1H3. The minimum Gasteiger partial charge on any atom is -0.494 e. The summed E-state index contributed by atoms with van der Waals surface area (Å²) in [7, 11) is 0. The summed E-state index contributed by atoms with van der Waals surface area (Å²) in [6, 6.07) is 8.51. The van der Waals surface area contributed by atoms with Crippen LogP contribution in [0.4, 0.5) is 0 Å². The Morgan fingerprint density at radius 3 is 2.79 bits per heavy atom. The van der Waals surface area contributed by atoms with Crippen molar-refractivity contribution in [3.05, 3.63) is 29.8 Å². The van der Waals surface area contributed by atoms with Crippen LogP contribution in [-0.2, 0) is 11.3 Å². The predicted molar refractivity (Wildman–Crippen MR) is 97.2 cm³/mol.